The molecule has 3 aromatic rings. The maximum atomic E-state index is 14.5. The molecule has 5 heteroatoms. The van der Waals surface area contributed by atoms with Gasteiger partial charge < -0.3 is 0 Å². The third-order valence-corrected chi connectivity index (χ3v) is 4.69. The van der Waals surface area contributed by atoms with Gasteiger partial charge in [-0.05, 0) is 46.9 Å². The van der Waals surface area contributed by atoms with E-state index in [1.54, 1.807) is 48.6 Å². The minimum atomic E-state index is -4.46. The van der Waals surface area contributed by atoms with Gasteiger partial charge in [-0.1, -0.05) is 78.4 Å². The van der Waals surface area contributed by atoms with E-state index in [9.17, 15) is 17.6 Å². The molecule has 1 atom stereocenters. The van der Waals surface area contributed by atoms with Crippen LogP contribution in [0.4, 0.5) is 17.6 Å². The van der Waals surface area contributed by atoms with Gasteiger partial charge in [-0.15, -0.1) is 0 Å². The summed E-state index contributed by atoms with van der Waals surface area (Å²) in [7, 11) is 0. The minimum Gasteiger partial charge on any atom is -0.207 e. The SMILES string of the molecule is Fc1cc(C=Cc2ccc(Cl)cc2)ccc1C[C@H](c1ccccc1)C(F)(F)F. The van der Waals surface area contributed by atoms with Crippen molar-refractivity contribution < 1.29 is 17.6 Å². The zero-order valence-corrected chi connectivity index (χ0v) is 15.5. The Bertz CT molecular complexity index is 945. The first-order valence-corrected chi connectivity index (χ1v) is 9.04. The summed E-state index contributed by atoms with van der Waals surface area (Å²) in [4.78, 5) is 0. The summed E-state index contributed by atoms with van der Waals surface area (Å²) < 4.78 is 55.0. The van der Waals surface area contributed by atoms with Crippen molar-refractivity contribution in [1.82, 2.24) is 0 Å². The third-order valence-electron chi connectivity index (χ3n) is 4.44. The van der Waals surface area contributed by atoms with Crippen molar-refractivity contribution in [2.45, 2.75) is 18.5 Å². The van der Waals surface area contributed by atoms with Crippen molar-refractivity contribution in [3.63, 3.8) is 0 Å². The van der Waals surface area contributed by atoms with Crippen LogP contribution in [0.15, 0.2) is 72.8 Å². The second-order valence-electron chi connectivity index (χ2n) is 6.44. The van der Waals surface area contributed by atoms with Gasteiger partial charge in [0, 0.05) is 5.02 Å². The summed E-state index contributed by atoms with van der Waals surface area (Å²) in [6.07, 6.45) is -1.41. The molecule has 0 amide bonds. The number of hydrogen-bond donors (Lipinski definition) is 0. The lowest BCUT2D eigenvalue weighted by molar-refractivity contribution is -0.150. The summed E-state index contributed by atoms with van der Waals surface area (Å²) >= 11 is 5.83. The summed E-state index contributed by atoms with van der Waals surface area (Å²) in [5, 5.41) is 0.616. The van der Waals surface area contributed by atoms with Crippen molar-refractivity contribution in [2.24, 2.45) is 0 Å². The highest BCUT2D eigenvalue weighted by molar-refractivity contribution is 6.30. The molecule has 0 unspecified atom stereocenters. The van der Waals surface area contributed by atoms with E-state index in [0.717, 1.165) is 5.56 Å². The molecule has 0 radical (unpaired) electrons. The van der Waals surface area contributed by atoms with Crippen LogP contribution in [-0.4, -0.2) is 6.18 Å². The zero-order valence-electron chi connectivity index (χ0n) is 14.8. The quantitative estimate of drug-likeness (QED) is 0.304. The fourth-order valence-electron chi connectivity index (χ4n) is 2.93. The molecule has 0 heterocycles. The monoisotopic (exact) mass is 404 g/mol. The maximum absolute atomic E-state index is 14.5. The second-order valence-corrected chi connectivity index (χ2v) is 6.88. The van der Waals surface area contributed by atoms with Crippen LogP contribution in [0.25, 0.3) is 12.2 Å². The number of benzene rings is 3. The maximum Gasteiger partial charge on any atom is 0.396 e. The minimum absolute atomic E-state index is 0.0369. The van der Waals surface area contributed by atoms with E-state index in [-0.39, 0.29) is 11.1 Å². The molecule has 0 aliphatic carbocycles. The molecular formula is C23H17ClF4. The number of alkyl halides is 3. The Labute approximate surface area is 166 Å². The van der Waals surface area contributed by atoms with E-state index >= 15 is 0 Å². The van der Waals surface area contributed by atoms with Gasteiger partial charge >= 0.3 is 6.18 Å². The van der Waals surface area contributed by atoms with Crippen LogP contribution in [0.5, 0.6) is 0 Å². The van der Waals surface area contributed by atoms with Crippen LogP contribution in [-0.2, 0) is 6.42 Å². The van der Waals surface area contributed by atoms with E-state index in [1.165, 1.54) is 24.3 Å². The predicted octanol–water partition coefficient (Wildman–Crippen LogP) is 7.54. The summed E-state index contributed by atoms with van der Waals surface area (Å²) in [6.45, 7) is 0. The van der Waals surface area contributed by atoms with Crippen molar-refractivity contribution >= 4 is 23.8 Å². The van der Waals surface area contributed by atoms with Gasteiger partial charge in [-0.2, -0.15) is 13.2 Å². The number of rotatable bonds is 5. The highest BCUT2D eigenvalue weighted by Gasteiger charge is 2.40. The standard InChI is InChI=1S/C23H17ClF4/c24-20-12-9-16(10-13-20)6-7-17-8-11-19(22(25)14-17)15-21(23(26,27)28)18-4-2-1-3-5-18/h1-14,21H,15H2/t21-/m1/s1. The van der Waals surface area contributed by atoms with E-state index in [2.05, 4.69) is 0 Å². The fourth-order valence-corrected chi connectivity index (χ4v) is 3.05. The van der Waals surface area contributed by atoms with Crippen LogP contribution >= 0.6 is 11.6 Å². The topological polar surface area (TPSA) is 0 Å². The van der Waals surface area contributed by atoms with Crippen molar-refractivity contribution in [1.29, 1.82) is 0 Å². The predicted molar refractivity (Wildman–Crippen MR) is 106 cm³/mol. The van der Waals surface area contributed by atoms with Crippen molar-refractivity contribution in [3.05, 3.63) is 106 Å². The molecule has 0 saturated heterocycles. The summed E-state index contributed by atoms with van der Waals surface area (Å²) in [5.41, 5.74) is 1.62. The molecule has 144 valence electrons. The third kappa shape index (κ3) is 5.23. The van der Waals surface area contributed by atoms with Crippen LogP contribution in [0.2, 0.25) is 5.02 Å². The molecule has 0 spiro atoms. The highest BCUT2D eigenvalue weighted by Crippen LogP contribution is 2.37. The van der Waals surface area contributed by atoms with Crippen LogP contribution in [0, 0.1) is 5.82 Å². The zero-order chi connectivity index (χ0) is 20.1. The van der Waals surface area contributed by atoms with E-state index in [4.69, 9.17) is 11.6 Å². The molecular weight excluding hydrogens is 388 g/mol. The molecule has 0 bridgehead atoms. The average Bonchev–Trinajstić information content (AvgIpc) is 2.66. The van der Waals surface area contributed by atoms with Gasteiger partial charge in [0.25, 0.3) is 0 Å². The van der Waals surface area contributed by atoms with Gasteiger partial charge in [-0.25, -0.2) is 4.39 Å². The Morgan fingerprint density at radius 1 is 0.821 bits per heavy atom. The molecule has 0 fully saturated rings. The molecule has 0 aromatic heterocycles. The first kappa shape index (κ1) is 20.2. The van der Waals surface area contributed by atoms with Crippen LogP contribution in [0.3, 0.4) is 0 Å². The number of hydrogen-bond acceptors (Lipinski definition) is 0. The normalized spacial score (nSPS) is 13.0. The fraction of sp³-hybridized carbons (Fsp3) is 0.130. The van der Waals surface area contributed by atoms with Gasteiger partial charge in [0.1, 0.15) is 5.82 Å². The molecule has 3 rings (SSSR count). The van der Waals surface area contributed by atoms with Gasteiger partial charge in [0.2, 0.25) is 0 Å². The Kier molecular flexibility index (Phi) is 6.20. The van der Waals surface area contributed by atoms with E-state index in [1.807, 2.05) is 12.1 Å². The smallest absolute Gasteiger partial charge is 0.207 e. The molecule has 0 aliphatic rings. The Morgan fingerprint density at radius 3 is 2.04 bits per heavy atom. The average molecular weight is 405 g/mol. The Hall–Kier alpha value is -2.59. The second kappa shape index (κ2) is 8.61. The molecule has 28 heavy (non-hydrogen) atoms. The van der Waals surface area contributed by atoms with Gasteiger partial charge in [-0.3, -0.25) is 0 Å². The van der Waals surface area contributed by atoms with Crippen LogP contribution in [0.1, 0.15) is 28.2 Å². The summed E-state index contributed by atoms with van der Waals surface area (Å²) in [6, 6.07) is 19.0. The molecule has 0 aliphatic heterocycles. The van der Waals surface area contributed by atoms with Gasteiger partial charge in [0.05, 0.1) is 5.92 Å². The lowest BCUT2D eigenvalue weighted by atomic mass is 9.91. The number of halogens is 5. The highest BCUT2D eigenvalue weighted by atomic mass is 35.5. The van der Waals surface area contributed by atoms with E-state index < -0.39 is 24.3 Å². The lowest BCUT2D eigenvalue weighted by Crippen LogP contribution is -2.23. The Morgan fingerprint density at radius 2 is 1.43 bits per heavy atom. The largest absolute Gasteiger partial charge is 0.396 e. The first-order chi connectivity index (χ1) is 13.3. The lowest BCUT2D eigenvalue weighted by Gasteiger charge is -2.21. The summed E-state index contributed by atoms with van der Waals surface area (Å²) in [5.74, 6) is -2.40. The van der Waals surface area contributed by atoms with Crippen molar-refractivity contribution in [3.8, 4) is 0 Å². The van der Waals surface area contributed by atoms with E-state index in [0.29, 0.717) is 10.6 Å². The first-order valence-electron chi connectivity index (χ1n) is 8.66. The van der Waals surface area contributed by atoms with Gasteiger partial charge in [0.15, 0.2) is 0 Å². The molecule has 0 nitrogen and oxygen atoms in total. The van der Waals surface area contributed by atoms with Crippen molar-refractivity contribution in [2.75, 3.05) is 0 Å². The molecule has 3 aromatic carbocycles. The molecule has 0 saturated carbocycles. The Balaban J connectivity index is 1.80. The van der Waals surface area contributed by atoms with Crippen LogP contribution < -0.4 is 0 Å². The molecule has 0 N–H and O–H groups in total.